The minimum absolute atomic E-state index is 0.0290. The van der Waals surface area contributed by atoms with Crippen LogP contribution in [0.1, 0.15) is 39.5 Å². The molecule has 0 aromatic heterocycles. The van der Waals surface area contributed by atoms with Crippen LogP contribution in [0.25, 0.3) is 0 Å². The van der Waals surface area contributed by atoms with E-state index in [2.05, 4.69) is 24.1 Å². The summed E-state index contributed by atoms with van der Waals surface area (Å²) in [5.74, 6) is 0.503. The summed E-state index contributed by atoms with van der Waals surface area (Å²) in [5, 5.41) is 3.09. The van der Waals surface area contributed by atoms with E-state index in [1.807, 2.05) is 0 Å². The van der Waals surface area contributed by atoms with Gasteiger partial charge in [0.1, 0.15) is 0 Å². The molecule has 1 saturated carbocycles. The van der Waals surface area contributed by atoms with Gasteiger partial charge in [-0.25, -0.2) is 0 Å². The topological polar surface area (TPSA) is 58.4 Å². The summed E-state index contributed by atoms with van der Waals surface area (Å²) in [6.45, 7) is 6.34. The van der Waals surface area contributed by atoms with Crippen molar-refractivity contribution in [2.24, 2.45) is 11.7 Å². The van der Waals surface area contributed by atoms with E-state index in [0.29, 0.717) is 12.0 Å². The van der Waals surface area contributed by atoms with Gasteiger partial charge >= 0.3 is 0 Å². The highest BCUT2D eigenvalue weighted by Crippen LogP contribution is 2.29. The number of rotatable bonds is 5. The molecule has 0 aromatic rings. The van der Waals surface area contributed by atoms with Gasteiger partial charge in [0.05, 0.1) is 6.04 Å². The van der Waals surface area contributed by atoms with E-state index in [9.17, 15) is 4.79 Å². The number of amides is 1. The van der Waals surface area contributed by atoms with E-state index < -0.39 is 0 Å². The highest BCUT2D eigenvalue weighted by atomic mass is 16.2. The SMILES string of the molecule is CC(C)C[C@H](N)C(=O)NC1CCN(C2CC2)C1. The molecular weight excluding hydrogens is 214 g/mol. The average molecular weight is 239 g/mol. The zero-order valence-electron chi connectivity index (χ0n) is 11.0. The van der Waals surface area contributed by atoms with Crippen molar-refractivity contribution >= 4 is 5.91 Å². The molecule has 0 bridgehead atoms. The normalized spacial score (nSPS) is 27.4. The molecule has 2 fully saturated rings. The smallest absolute Gasteiger partial charge is 0.237 e. The first kappa shape index (κ1) is 12.8. The first-order chi connectivity index (χ1) is 8.06. The lowest BCUT2D eigenvalue weighted by Crippen LogP contribution is -2.46. The lowest BCUT2D eigenvalue weighted by molar-refractivity contribution is -0.123. The van der Waals surface area contributed by atoms with E-state index in [4.69, 9.17) is 5.73 Å². The fourth-order valence-electron chi connectivity index (χ4n) is 2.60. The molecule has 1 heterocycles. The number of carbonyl (C=O) groups excluding carboxylic acids is 1. The Labute approximate surface area is 104 Å². The molecule has 1 aliphatic carbocycles. The zero-order chi connectivity index (χ0) is 12.4. The van der Waals surface area contributed by atoms with Gasteiger partial charge in [-0.15, -0.1) is 0 Å². The van der Waals surface area contributed by atoms with Crippen LogP contribution < -0.4 is 11.1 Å². The number of likely N-dealkylation sites (tertiary alicyclic amines) is 1. The second kappa shape index (κ2) is 5.36. The molecule has 2 atom stereocenters. The van der Waals surface area contributed by atoms with Gasteiger partial charge in [-0.1, -0.05) is 13.8 Å². The first-order valence-corrected chi connectivity index (χ1v) is 6.86. The predicted octanol–water partition coefficient (Wildman–Crippen LogP) is 0.713. The first-order valence-electron chi connectivity index (χ1n) is 6.86. The van der Waals surface area contributed by atoms with Crippen LogP contribution in [-0.2, 0) is 4.79 Å². The van der Waals surface area contributed by atoms with Crippen molar-refractivity contribution in [2.45, 2.75) is 57.7 Å². The third-order valence-electron chi connectivity index (χ3n) is 3.69. The Morgan fingerprint density at radius 3 is 2.71 bits per heavy atom. The molecule has 2 aliphatic rings. The molecule has 1 amide bonds. The van der Waals surface area contributed by atoms with Crippen molar-refractivity contribution in [3.63, 3.8) is 0 Å². The lowest BCUT2D eigenvalue weighted by Gasteiger charge is -2.19. The van der Waals surface area contributed by atoms with Crippen molar-refractivity contribution in [3.05, 3.63) is 0 Å². The third kappa shape index (κ3) is 3.68. The molecule has 17 heavy (non-hydrogen) atoms. The van der Waals surface area contributed by atoms with Gasteiger partial charge < -0.3 is 11.1 Å². The minimum atomic E-state index is -0.343. The third-order valence-corrected chi connectivity index (χ3v) is 3.69. The summed E-state index contributed by atoms with van der Waals surface area (Å²) in [5.41, 5.74) is 5.88. The molecule has 4 nitrogen and oxygen atoms in total. The molecule has 4 heteroatoms. The monoisotopic (exact) mass is 239 g/mol. The molecule has 98 valence electrons. The fraction of sp³-hybridized carbons (Fsp3) is 0.923. The highest BCUT2D eigenvalue weighted by molar-refractivity contribution is 5.81. The standard InChI is InChI=1S/C13H25N3O/c1-9(2)7-12(14)13(17)15-10-5-6-16(8-10)11-3-4-11/h9-12H,3-8,14H2,1-2H3,(H,15,17)/t10?,12-/m0/s1. The van der Waals surface area contributed by atoms with Crippen molar-refractivity contribution in [1.29, 1.82) is 0 Å². The van der Waals surface area contributed by atoms with Crippen LogP contribution in [0.2, 0.25) is 0 Å². The van der Waals surface area contributed by atoms with Gasteiger partial charge in [0.25, 0.3) is 0 Å². The van der Waals surface area contributed by atoms with E-state index in [1.54, 1.807) is 0 Å². The van der Waals surface area contributed by atoms with Crippen LogP contribution in [0.5, 0.6) is 0 Å². The summed E-state index contributed by atoms with van der Waals surface area (Å²) in [7, 11) is 0. The number of hydrogen-bond acceptors (Lipinski definition) is 3. The number of nitrogens with zero attached hydrogens (tertiary/aromatic N) is 1. The van der Waals surface area contributed by atoms with Crippen LogP contribution in [0.4, 0.5) is 0 Å². The Kier molecular flexibility index (Phi) is 4.05. The summed E-state index contributed by atoms with van der Waals surface area (Å²) in [6.07, 6.45) is 4.53. The molecule has 3 N–H and O–H groups in total. The Hall–Kier alpha value is -0.610. The van der Waals surface area contributed by atoms with Gasteiger partial charge in [-0.2, -0.15) is 0 Å². The Morgan fingerprint density at radius 1 is 1.41 bits per heavy atom. The molecule has 0 spiro atoms. The van der Waals surface area contributed by atoms with E-state index in [-0.39, 0.29) is 11.9 Å². The average Bonchev–Trinajstić information content (AvgIpc) is 2.99. The maximum Gasteiger partial charge on any atom is 0.237 e. The number of nitrogens with two attached hydrogens (primary N) is 1. The molecule has 1 unspecified atom stereocenters. The summed E-state index contributed by atoms with van der Waals surface area (Å²) < 4.78 is 0. The van der Waals surface area contributed by atoms with Gasteiger partial charge in [0, 0.05) is 25.2 Å². The lowest BCUT2D eigenvalue weighted by atomic mass is 10.0. The Bertz CT molecular complexity index is 276. The fourth-order valence-corrected chi connectivity index (χ4v) is 2.60. The second-order valence-electron chi connectivity index (χ2n) is 5.96. The number of nitrogens with one attached hydrogen (secondary N) is 1. The molecule has 0 aromatic carbocycles. The van der Waals surface area contributed by atoms with Crippen LogP contribution in [-0.4, -0.2) is 42.0 Å². The van der Waals surface area contributed by atoms with Gasteiger partial charge in [-0.3, -0.25) is 9.69 Å². The highest BCUT2D eigenvalue weighted by Gasteiger charge is 2.35. The largest absolute Gasteiger partial charge is 0.351 e. The maximum atomic E-state index is 11.9. The van der Waals surface area contributed by atoms with Crippen LogP contribution in [0.15, 0.2) is 0 Å². The van der Waals surface area contributed by atoms with Crippen molar-refractivity contribution < 1.29 is 4.79 Å². The van der Waals surface area contributed by atoms with Crippen molar-refractivity contribution in [2.75, 3.05) is 13.1 Å². The van der Waals surface area contributed by atoms with Crippen LogP contribution in [0, 0.1) is 5.92 Å². The zero-order valence-corrected chi connectivity index (χ0v) is 11.0. The Balaban J connectivity index is 1.71. The van der Waals surface area contributed by atoms with Crippen molar-refractivity contribution in [1.82, 2.24) is 10.2 Å². The van der Waals surface area contributed by atoms with E-state index in [0.717, 1.165) is 32.0 Å². The minimum Gasteiger partial charge on any atom is -0.351 e. The summed E-state index contributed by atoms with van der Waals surface area (Å²) in [4.78, 5) is 14.4. The molecule has 1 aliphatic heterocycles. The van der Waals surface area contributed by atoms with E-state index >= 15 is 0 Å². The molecule has 0 radical (unpaired) electrons. The Morgan fingerprint density at radius 2 is 2.12 bits per heavy atom. The van der Waals surface area contributed by atoms with Crippen molar-refractivity contribution in [3.8, 4) is 0 Å². The van der Waals surface area contributed by atoms with Gasteiger partial charge in [0.15, 0.2) is 0 Å². The maximum absolute atomic E-state index is 11.9. The second-order valence-corrected chi connectivity index (χ2v) is 5.96. The quantitative estimate of drug-likeness (QED) is 0.743. The van der Waals surface area contributed by atoms with Gasteiger partial charge in [-0.05, 0) is 31.6 Å². The molecule has 2 rings (SSSR count). The number of hydrogen-bond donors (Lipinski definition) is 2. The van der Waals surface area contributed by atoms with Crippen LogP contribution in [0.3, 0.4) is 0 Å². The number of carbonyl (C=O) groups is 1. The summed E-state index contributed by atoms with van der Waals surface area (Å²) >= 11 is 0. The van der Waals surface area contributed by atoms with Gasteiger partial charge in [0.2, 0.25) is 5.91 Å². The predicted molar refractivity (Wildman–Crippen MR) is 68.6 cm³/mol. The summed E-state index contributed by atoms with van der Waals surface area (Å²) in [6, 6.07) is 0.785. The molecular formula is C13H25N3O. The molecule has 1 saturated heterocycles. The van der Waals surface area contributed by atoms with Crippen LogP contribution >= 0.6 is 0 Å². The van der Waals surface area contributed by atoms with E-state index in [1.165, 1.54) is 12.8 Å².